The molecule has 1 heterocycles. The van der Waals surface area contributed by atoms with Crippen molar-refractivity contribution in [3.63, 3.8) is 0 Å². The highest BCUT2D eigenvalue weighted by molar-refractivity contribution is 5.66. The highest BCUT2D eigenvalue weighted by Crippen LogP contribution is 2.15. The normalized spacial score (nSPS) is 26.0. The second-order valence-electron chi connectivity index (χ2n) is 5.29. The number of carboxylic acids is 1. The lowest BCUT2D eigenvalue weighted by molar-refractivity contribution is -0.137. The molecule has 0 saturated carbocycles. The summed E-state index contributed by atoms with van der Waals surface area (Å²) in [6, 6.07) is 0.644. The Morgan fingerprint density at radius 2 is 2.18 bits per heavy atom. The number of hydrogen-bond acceptors (Lipinski definition) is 3. The SMILES string of the molecule is CC1CN(C)CCC1NCCCCCC(=O)O. The van der Waals surface area contributed by atoms with Gasteiger partial charge in [-0.3, -0.25) is 4.79 Å². The van der Waals surface area contributed by atoms with Crippen molar-refractivity contribution in [1.82, 2.24) is 10.2 Å². The first-order valence-electron chi connectivity index (χ1n) is 6.73. The number of rotatable bonds is 7. The molecule has 100 valence electrons. The van der Waals surface area contributed by atoms with Crippen LogP contribution >= 0.6 is 0 Å². The molecule has 0 aromatic heterocycles. The van der Waals surface area contributed by atoms with Gasteiger partial charge in [-0.1, -0.05) is 13.3 Å². The lowest BCUT2D eigenvalue weighted by Crippen LogP contribution is -2.47. The quantitative estimate of drug-likeness (QED) is 0.665. The van der Waals surface area contributed by atoms with Crippen molar-refractivity contribution in [3.05, 3.63) is 0 Å². The van der Waals surface area contributed by atoms with Crippen LogP contribution in [0.2, 0.25) is 0 Å². The molecule has 0 aliphatic carbocycles. The zero-order valence-corrected chi connectivity index (χ0v) is 11.1. The maximum atomic E-state index is 10.3. The van der Waals surface area contributed by atoms with Crippen LogP contribution < -0.4 is 5.32 Å². The summed E-state index contributed by atoms with van der Waals surface area (Å²) >= 11 is 0. The zero-order chi connectivity index (χ0) is 12.7. The van der Waals surface area contributed by atoms with Crippen LogP contribution in [0.3, 0.4) is 0 Å². The molecule has 4 nitrogen and oxygen atoms in total. The van der Waals surface area contributed by atoms with Gasteiger partial charge < -0.3 is 15.3 Å². The highest BCUT2D eigenvalue weighted by atomic mass is 16.4. The number of likely N-dealkylation sites (tertiary alicyclic amines) is 1. The third-order valence-electron chi connectivity index (χ3n) is 3.58. The maximum Gasteiger partial charge on any atom is 0.303 e. The molecule has 2 atom stereocenters. The number of carbonyl (C=O) groups is 1. The van der Waals surface area contributed by atoms with Gasteiger partial charge in [0.15, 0.2) is 0 Å². The lowest BCUT2D eigenvalue weighted by Gasteiger charge is -2.35. The second kappa shape index (κ2) is 7.67. The van der Waals surface area contributed by atoms with Crippen LogP contribution in [0.15, 0.2) is 0 Å². The van der Waals surface area contributed by atoms with Gasteiger partial charge in [-0.05, 0) is 45.3 Å². The minimum absolute atomic E-state index is 0.310. The summed E-state index contributed by atoms with van der Waals surface area (Å²) in [5.41, 5.74) is 0. The van der Waals surface area contributed by atoms with Gasteiger partial charge in [0.1, 0.15) is 0 Å². The van der Waals surface area contributed by atoms with E-state index in [1.165, 1.54) is 19.5 Å². The van der Waals surface area contributed by atoms with E-state index < -0.39 is 5.97 Å². The summed E-state index contributed by atoms with van der Waals surface area (Å²) < 4.78 is 0. The van der Waals surface area contributed by atoms with Crippen molar-refractivity contribution in [2.24, 2.45) is 5.92 Å². The first kappa shape index (κ1) is 14.5. The van der Waals surface area contributed by atoms with E-state index in [1.807, 2.05) is 0 Å². The second-order valence-corrected chi connectivity index (χ2v) is 5.29. The number of aliphatic carboxylic acids is 1. The molecular weight excluding hydrogens is 216 g/mol. The van der Waals surface area contributed by atoms with Crippen molar-refractivity contribution in [2.45, 2.75) is 45.1 Å². The minimum atomic E-state index is -0.679. The Morgan fingerprint density at radius 3 is 2.82 bits per heavy atom. The Morgan fingerprint density at radius 1 is 1.41 bits per heavy atom. The van der Waals surface area contributed by atoms with Crippen LogP contribution in [0, 0.1) is 5.92 Å². The molecule has 17 heavy (non-hydrogen) atoms. The van der Waals surface area contributed by atoms with Crippen molar-refractivity contribution in [2.75, 3.05) is 26.7 Å². The van der Waals surface area contributed by atoms with E-state index in [2.05, 4.69) is 24.2 Å². The van der Waals surface area contributed by atoms with Gasteiger partial charge in [0.05, 0.1) is 0 Å². The molecule has 0 spiro atoms. The Bertz CT molecular complexity index is 233. The molecule has 1 aliphatic rings. The van der Waals surface area contributed by atoms with E-state index in [4.69, 9.17) is 5.11 Å². The molecular formula is C13H26N2O2. The standard InChI is InChI=1S/C13H26N2O2/c1-11-10-15(2)9-7-12(11)14-8-5-3-4-6-13(16)17/h11-12,14H,3-10H2,1-2H3,(H,16,17). The van der Waals surface area contributed by atoms with E-state index in [-0.39, 0.29) is 0 Å². The number of hydrogen-bond donors (Lipinski definition) is 2. The van der Waals surface area contributed by atoms with Gasteiger partial charge >= 0.3 is 5.97 Å². The number of unbranched alkanes of at least 4 members (excludes halogenated alkanes) is 2. The Kier molecular flexibility index (Phi) is 6.52. The minimum Gasteiger partial charge on any atom is -0.481 e. The van der Waals surface area contributed by atoms with Crippen LogP contribution in [0.5, 0.6) is 0 Å². The van der Waals surface area contributed by atoms with Crippen LogP contribution in [-0.4, -0.2) is 48.7 Å². The van der Waals surface area contributed by atoms with Crippen molar-refractivity contribution >= 4 is 5.97 Å². The molecule has 0 aromatic rings. The van der Waals surface area contributed by atoms with Gasteiger partial charge in [-0.2, -0.15) is 0 Å². The Labute approximate surface area is 104 Å². The molecule has 1 rings (SSSR count). The molecule has 0 amide bonds. The van der Waals surface area contributed by atoms with E-state index >= 15 is 0 Å². The molecule has 0 bridgehead atoms. The zero-order valence-electron chi connectivity index (χ0n) is 11.1. The third-order valence-corrected chi connectivity index (χ3v) is 3.58. The first-order valence-corrected chi connectivity index (χ1v) is 6.73. The topological polar surface area (TPSA) is 52.6 Å². The fourth-order valence-corrected chi connectivity index (χ4v) is 2.52. The van der Waals surface area contributed by atoms with E-state index in [1.54, 1.807) is 0 Å². The third kappa shape index (κ3) is 6.03. The van der Waals surface area contributed by atoms with Crippen molar-refractivity contribution < 1.29 is 9.90 Å². The van der Waals surface area contributed by atoms with Crippen LogP contribution in [0.4, 0.5) is 0 Å². The van der Waals surface area contributed by atoms with Gasteiger partial charge in [0.2, 0.25) is 0 Å². The number of nitrogens with zero attached hydrogens (tertiary/aromatic N) is 1. The molecule has 4 heteroatoms. The Hall–Kier alpha value is -0.610. The van der Waals surface area contributed by atoms with E-state index in [9.17, 15) is 4.79 Å². The smallest absolute Gasteiger partial charge is 0.303 e. The molecule has 2 N–H and O–H groups in total. The predicted molar refractivity (Wildman–Crippen MR) is 69.2 cm³/mol. The van der Waals surface area contributed by atoms with Crippen LogP contribution in [0.1, 0.15) is 39.0 Å². The summed E-state index contributed by atoms with van der Waals surface area (Å²) in [5, 5.41) is 12.1. The summed E-state index contributed by atoms with van der Waals surface area (Å²) in [7, 11) is 2.18. The van der Waals surface area contributed by atoms with Crippen molar-refractivity contribution in [3.8, 4) is 0 Å². The summed E-state index contributed by atoms with van der Waals surface area (Å²) in [5.74, 6) is 0.0367. The average Bonchev–Trinajstić information content (AvgIpc) is 2.25. The van der Waals surface area contributed by atoms with Gasteiger partial charge in [-0.25, -0.2) is 0 Å². The largest absolute Gasteiger partial charge is 0.481 e. The molecule has 1 saturated heterocycles. The fourth-order valence-electron chi connectivity index (χ4n) is 2.52. The number of carboxylic acid groups (broad SMARTS) is 1. The predicted octanol–water partition coefficient (Wildman–Crippen LogP) is 1.56. The van der Waals surface area contributed by atoms with E-state index in [0.717, 1.165) is 25.8 Å². The first-order chi connectivity index (χ1) is 8.09. The fraction of sp³-hybridized carbons (Fsp3) is 0.923. The van der Waals surface area contributed by atoms with Gasteiger partial charge in [0.25, 0.3) is 0 Å². The number of nitrogens with one attached hydrogen (secondary N) is 1. The van der Waals surface area contributed by atoms with Gasteiger partial charge in [-0.15, -0.1) is 0 Å². The van der Waals surface area contributed by atoms with Crippen molar-refractivity contribution in [1.29, 1.82) is 0 Å². The lowest BCUT2D eigenvalue weighted by atomic mass is 9.94. The molecule has 0 radical (unpaired) electrons. The molecule has 1 fully saturated rings. The summed E-state index contributed by atoms with van der Waals surface area (Å²) in [4.78, 5) is 12.7. The molecule has 1 aliphatic heterocycles. The number of piperidine rings is 1. The molecule has 2 unspecified atom stereocenters. The monoisotopic (exact) mass is 242 g/mol. The highest BCUT2D eigenvalue weighted by Gasteiger charge is 2.22. The van der Waals surface area contributed by atoms with Crippen LogP contribution in [-0.2, 0) is 4.79 Å². The van der Waals surface area contributed by atoms with E-state index in [0.29, 0.717) is 18.4 Å². The maximum absolute atomic E-state index is 10.3. The van der Waals surface area contributed by atoms with Gasteiger partial charge in [0, 0.05) is 19.0 Å². The Balaban J connectivity index is 2.00. The average molecular weight is 242 g/mol. The summed E-state index contributed by atoms with van der Waals surface area (Å²) in [6.07, 6.45) is 4.45. The van der Waals surface area contributed by atoms with Crippen LogP contribution in [0.25, 0.3) is 0 Å². The summed E-state index contributed by atoms with van der Waals surface area (Å²) in [6.45, 7) is 5.69. The molecule has 0 aromatic carbocycles.